The number of halogens is 3. The van der Waals surface area contributed by atoms with E-state index in [-0.39, 0.29) is 5.91 Å². The molecular weight excluding hydrogens is 345 g/mol. The molecule has 5 nitrogen and oxygen atoms in total. The van der Waals surface area contributed by atoms with Gasteiger partial charge in [-0.15, -0.1) is 0 Å². The molecule has 146 valence electrons. The number of benzene rings is 1. The predicted molar refractivity (Wildman–Crippen MR) is 97.0 cm³/mol. The Kier molecular flexibility index (Phi) is 9.54. The van der Waals surface area contributed by atoms with Crippen LogP contribution in [0.3, 0.4) is 0 Å². The molecular formula is C18H27F3N4O. The second-order valence-corrected chi connectivity index (χ2v) is 5.73. The average Bonchev–Trinajstić information content (AvgIpc) is 2.59. The molecule has 0 fully saturated rings. The minimum absolute atomic E-state index is 0.0313. The third-order valence-electron chi connectivity index (χ3n) is 3.51. The molecule has 1 amide bonds. The zero-order valence-corrected chi connectivity index (χ0v) is 15.2. The third-order valence-corrected chi connectivity index (χ3v) is 3.51. The number of amides is 1. The Hall–Kier alpha value is -2.25. The van der Waals surface area contributed by atoms with Gasteiger partial charge in [-0.3, -0.25) is 9.79 Å². The molecule has 0 aliphatic heterocycles. The number of guanidine groups is 1. The van der Waals surface area contributed by atoms with Crippen LogP contribution in [-0.4, -0.2) is 38.0 Å². The number of carbonyl (C=O) groups is 1. The van der Waals surface area contributed by atoms with Crippen LogP contribution >= 0.6 is 0 Å². The van der Waals surface area contributed by atoms with Crippen molar-refractivity contribution in [2.75, 3.05) is 26.2 Å². The number of hydrogen-bond acceptors (Lipinski definition) is 2. The fourth-order valence-corrected chi connectivity index (χ4v) is 2.15. The van der Waals surface area contributed by atoms with Crippen LogP contribution in [0.1, 0.15) is 37.8 Å². The molecule has 8 heteroatoms. The SMILES string of the molecule is CCCNC(=O)CCN=C(NCC)NCCc1ccc(C(F)(F)F)cc1. The van der Waals surface area contributed by atoms with E-state index in [1.54, 1.807) is 0 Å². The van der Waals surface area contributed by atoms with E-state index < -0.39 is 11.7 Å². The van der Waals surface area contributed by atoms with E-state index in [9.17, 15) is 18.0 Å². The molecule has 0 aliphatic carbocycles. The fraction of sp³-hybridized carbons (Fsp3) is 0.556. The van der Waals surface area contributed by atoms with Gasteiger partial charge in [0.1, 0.15) is 0 Å². The lowest BCUT2D eigenvalue weighted by atomic mass is 10.1. The standard InChI is InChI=1S/C18H27F3N4O/c1-3-11-23-16(26)10-13-25-17(22-4-2)24-12-9-14-5-7-15(8-6-14)18(19,20)21/h5-8H,3-4,9-13H2,1-2H3,(H,23,26)(H2,22,24,25). The van der Waals surface area contributed by atoms with E-state index in [1.165, 1.54) is 12.1 Å². The van der Waals surface area contributed by atoms with Crippen molar-refractivity contribution in [3.05, 3.63) is 35.4 Å². The molecule has 0 bridgehead atoms. The Morgan fingerprint density at radius 3 is 2.31 bits per heavy atom. The van der Waals surface area contributed by atoms with Crippen LogP contribution in [-0.2, 0) is 17.4 Å². The van der Waals surface area contributed by atoms with E-state index >= 15 is 0 Å². The maximum Gasteiger partial charge on any atom is 0.416 e. The molecule has 26 heavy (non-hydrogen) atoms. The molecule has 1 aromatic carbocycles. The summed E-state index contributed by atoms with van der Waals surface area (Å²) in [4.78, 5) is 15.9. The number of nitrogens with one attached hydrogen (secondary N) is 3. The molecule has 0 saturated heterocycles. The molecule has 1 aromatic rings. The largest absolute Gasteiger partial charge is 0.416 e. The van der Waals surface area contributed by atoms with Crippen LogP contribution < -0.4 is 16.0 Å². The first kappa shape index (κ1) is 21.8. The van der Waals surface area contributed by atoms with Crippen LogP contribution in [0.4, 0.5) is 13.2 Å². The number of hydrogen-bond donors (Lipinski definition) is 3. The highest BCUT2D eigenvalue weighted by Crippen LogP contribution is 2.29. The molecule has 3 N–H and O–H groups in total. The first-order chi connectivity index (χ1) is 12.4. The second kappa shape index (κ2) is 11.4. The maximum atomic E-state index is 12.5. The summed E-state index contributed by atoms with van der Waals surface area (Å²) in [6, 6.07) is 5.13. The topological polar surface area (TPSA) is 65.5 Å². The van der Waals surface area contributed by atoms with Gasteiger partial charge in [0, 0.05) is 26.1 Å². The second-order valence-electron chi connectivity index (χ2n) is 5.73. The first-order valence-corrected chi connectivity index (χ1v) is 8.81. The summed E-state index contributed by atoms with van der Waals surface area (Å²) < 4.78 is 37.6. The summed E-state index contributed by atoms with van der Waals surface area (Å²) in [5.41, 5.74) is 0.158. The quantitative estimate of drug-likeness (QED) is 0.461. The molecule has 0 heterocycles. The van der Waals surface area contributed by atoms with Crippen molar-refractivity contribution >= 4 is 11.9 Å². The molecule has 0 spiro atoms. The van der Waals surface area contributed by atoms with Gasteiger partial charge < -0.3 is 16.0 Å². The van der Waals surface area contributed by atoms with Crippen molar-refractivity contribution in [3.63, 3.8) is 0 Å². The van der Waals surface area contributed by atoms with Gasteiger partial charge in [-0.1, -0.05) is 19.1 Å². The summed E-state index contributed by atoms with van der Waals surface area (Å²) in [7, 11) is 0. The van der Waals surface area contributed by atoms with Crippen LogP contribution in [0, 0.1) is 0 Å². The third kappa shape index (κ3) is 8.73. The number of aliphatic imine (C=N–C) groups is 1. The van der Waals surface area contributed by atoms with Crippen LogP contribution in [0.2, 0.25) is 0 Å². The molecule has 1 rings (SSSR count). The van der Waals surface area contributed by atoms with E-state index in [1.807, 2.05) is 13.8 Å². The van der Waals surface area contributed by atoms with Crippen LogP contribution in [0.25, 0.3) is 0 Å². The van der Waals surface area contributed by atoms with Gasteiger partial charge in [0.05, 0.1) is 12.1 Å². The Labute approximate surface area is 152 Å². The fourth-order valence-electron chi connectivity index (χ4n) is 2.15. The molecule has 0 saturated carbocycles. The number of rotatable bonds is 9. The monoisotopic (exact) mass is 372 g/mol. The Morgan fingerprint density at radius 2 is 1.73 bits per heavy atom. The molecule has 0 unspecified atom stereocenters. The van der Waals surface area contributed by atoms with Gasteiger partial charge in [0.15, 0.2) is 5.96 Å². The number of carbonyl (C=O) groups excluding carboxylic acids is 1. The summed E-state index contributed by atoms with van der Waals surface area (Å²) in [6.07, 6.45) is -2.54. The molecule has 0 radical (unpaired) electrons. The highest BCUT2D eigenvalue weighted by molar-refractivity contribution is 5.80. The smallest absolute Gasteiger partial charge is 0.357 e. The predicted octanol–water partition coefficient (Wildman–Crippen LogP) is 2.72. The normalized spacial score (nSPS) is 12.0. The highest BCUT2D eigenvalue weighted by atomic mass is 19.4. The molecule has 0 atom stereocenters. The van der Waals surface area contributed by atoms with Crippen molar-refractivity contribution < 1.29 is 18.0 Å². The van der Waals surface area contributed by atoms with Crippen LogP contribution in [0.5, 0.6) is 0 Å². The zero-order chi connectivity index (χ0) is 19.4. The van der Waals surface area contributed by atoms with Crippen molar-refractivity contribution in [1.82, 2.24) is 16.0 Å². The van der Waals surface area contributed by atoms with Gasteiger partial charge in [-0.25, -0.2) is 0 Å². The van der Waals surface area contributed by atoms with E-state index in [4.69, 9.17) is 0 Å². The van der Waals surface area contributed by atoms with Gasteiger partial charge in [0.25, 0.3) is 0 Å². The van der Waals surface area contributed by atoms with Crippen molar-refractivity contribution in [1.29, 1.82) is 0 Å². The lowest BCUT2D eigenvalue weighted by molar-refractivity contribution is -0.137. The lowest BCUT2D eigenvalue weighted by Gasteiger charge is -2.12. The molecule has 0 aromatic heterocycles. The van der Waals surface area contributed by atoms with Gasteiger partial charge >= 0.3 is 6.18 Å². The average molecular weight is 372 g/mol. The summed E-state index contributed by atoms with van der Waals surface area (Å²) in [6.45, 7) is 6.15. The van der Waals surface area contributed by atoms with Crippen LogP contribution in [0.15, 0.2) is 29.3 Å². The van der Waals surface area contributed by atoms with Gasteiger partial charge in [-0.05, 0) is 37.5 Å². The van der Waals surface area contributed by atoms with Gasteiger partial charge in [0.2, 0.25) is 5.91 Å². The van der Waals surface area contributed by atoms with Crippen molar-refractivity contribution in [3.8, 4) is 0 Å². The minimum Gasteiger partial charge on any atom is -0.357 e. The Morgan fingerprint density at radius 1 is 1.04 bits per heavy atom. The van der Waals surface area contributed by atoms with Crippen molar-refractivity contribution in [2.45, 2.75) is 39.3 Å². The lowest BCUT2D eigenvalue weighted by Crippen LogP contribution is -2.38. The van der Waals surface area contributed by atoms with E-state index in [0.29, 0.717) is 45.0 Å². The summed E-state index contributed by atoms with van der Waals surface area (Å²) >= 11 is 0. The summed E-state index contributed by atoms with van der Waals surface area (Å²) in [5, 5.41) is 8.98. The van der Waals surface area contributed by atoms with Crippen molar-refractivity contribution in [2.24, 2.45) is 4.99 Å². The first-order valence-electron chi connectivity index (χ1n) is 8.81. The van der Waals surface area contributed by atoms with E-state index in [0.717, 1.165) is 24.1 Å². The number of nitrogens with zero attached hydrogens (tertiary/aromatic N) is 1. The minimum atomic E-state index is -4.31. The maximum absolute atomic E-state index is 12.5. The zero-order valence-electron chi connectivity index (χ0n) is 15.2. The Balaban J connectivity index is 2.43. The van der Waals surface area contributed by atoms with E-state index in [2.05, 4.69) is 20.9 Å². The molecule has 0 aliphatic rings. The highest BCUT2D eigenvalue weighted by Gasteiger charge is 2.29. The number of alkyl halides is 3. The summed E-state index contributed by atoms with van der Waals surface area (Å²) in [5.74, 6) is 0.555. The van der Waals surface area contributed by atoms with Gasteiger partial charge in [-0.2, -0.15) is 13.2 Å². The Bertz CT molecular complexity index is 571.